The Balaban J connectivity index is 3.22. The van der Waals surface area contributed by atoms with E-state index in [1.165, 1.54) is 9.90 Å². The predicted molar refractivity (Wildman–Crippen MR) is 69.8 cm³/mol. The van der Waals surface area contributed by atoms with Crippen LogP contribution in [-0.4, -0.2) is 63.4 Å². The summed E-state index contributed by atoms with van der Waals surface area (Å²) in [5.74, 6) is 0. The van der Waals surface area contributed by atoms with Gasteiger partial charge in [0.2, 0.25) is 0 Å². The second-order valence-corrected chi connectivity index (χ2v) is 9.03. The fourth-order valence-electron chi connectivity index (χ4n) is 2.46. The molecule has 0 radical (unpaired) electrons. The molecule has 0 saturated heterocycles. The Hall–Kier alpha value is -0.0457. The molecule has 0 fully saturated rings. The first-order valence-electron chi connectivity index (χ1n) is 5.46. The molecule has 0 bridgehead atoms. The molecular weight excluding hydrogens is 195 g/mol. The molecule has 0 amide bonds. The summed E-state index contributed by atoms with van der Waals surface area (Å²) in [7, 11) is 7.15. The van der Waals surface area contributed by atoms with Gasteiger partial charge in [0, 0.05) is 0 Å². The number of hydrogen-bond acceptors (Lipinski definition) is 2. The molecule has 1 rings (SSSR count). The van der Waals surface area contributed by atoms with Crippen molar-refractivity contribution in [3.8, 4) is 0 Å². The SMILES string of the molecule is [Li][CH2][Si](c1ccccc1)(N(C)C)N(C)C. The Labute approximate surface area is 104 Å². The molecule has 0 atom stereocenters. The summed E-state index contributed by atoms with van der Waals surface area (Å²) in [6.45, 7) is 0. The summed E-state index contributed by atoms with van der Waals surface area (Å²) >= 11 is 2.29. The minimum atomic E-state index is -1.63. The quantitative estimate of drug-likeness (QED) is 0.677. The fraction of sp³-hybridized carbons (Fsp3) is 0.455. The topological polar surface area (TPSA) is 6.48 Å². The van der Waals surface area contributed by atoms with E-state index in [-0.39, 0.29) is 0 Å². The van der Waals surface area contributed by atoms with E-state index in [0.717, 1.165) is 0 Å². The van der Waals surface area contributed by atoms with E-state index < -0.39 is 8.40 Å². The summed E-state index contributed by atoms with van der Waals surface area (Å²) in [5, 5.41) is 1.49. The van der Waals surface area contributed by atoms with E-state index in [0.29, 0.717) is 0 Å². The standard InChI is InChI=1S/C11H19N2Si.Li/c1-12(2)14(5,13(3)4)11-9-7-6-8-10-11;/h6-10H,5H2,1-4H3;. The summed E-state index contributed by atoms with van der Waals surface area (Å²) in [6, 6.07) is 10.9. The molecule has 4 heteroatoms. The van der Waals surface area contributed by atoms with Crippen molar-refractivity contribution in [2.24, 2.45) is 0 Å². The van der Waals surface area contributed by atoms with Crippen molar-refractivity contribution in [3.05, 3.63) is 30.3 Å². The summed E-state index contributed by atoms with van der Waals surface area (Å²) in [5.41, 5.74) is 0. The van der Waals surface area contributed by atoms with Crippen LogP contribution in [0.1, 0.15) is 0 Å². The molecule has 0 spiro atoms. The second-order valence-electron chi connectivity index (χ2n) is 4.33. The number of nitrogens with zero attached hydrogens (tertiary/aromatic N) is 2. The number of hydrogen-bond donors (Lipinski definition) is 0. The molecule has 1 aromatic rings. The minimum absolute atomic E-state index is 1.21. The van der Waals surface area contributed by atoms with Crippen molar-refractivity contribution in [1.82, 2.24) is 9.13 Å². The van der Waals surface area contributed by atoms with E-state index in [1.807, 2.05) is 0 Å². The molecule has 15 heavy (non-hydrogen) atoms. The van der Waals surface area contributed by atoms with Gasteiger partial charge in [0.05, 0.1) is 0 Å². The van der Waals surface area contributed by atoms with Crippen molar-refractivity contribution in [3.63, 3.8) is 0 Å². The van der Waals surface area contributed by atoms with Crippen LogP contribution in [0.2, 0.25) is 4.72 Å². The van der Waals surface area contributed by atoms with Gasteiger partial charge in [0.1, 0.15) is 0 Å². The molecule has 0 aliphatic carbocycles. The molecule has 0 N–H and O–H groups in total. The van der Waals surface area contributed by atoms with E-state index >= 15 is 0 Å². The number of benzene rings is 1. The Bertz CT molecular complexity index is 293. The van der Waals surface area contributed by atoms with Crippen LogP contribution in [0.3, 0.4) is 0 Å². The number of rotatable bonds is 4. The van der Waals surface area contributed by atoms with E-state index in [4.69, 9.17) is 0 Å². The van der Waals surface area contributed by atoms with Crippen molar-refractivity contribution in [1.29, 1.82) is 0 Å². The van der Waals surface area contributed by atoms with Crippen LogP contribution in [0.4, 0.5) is 0 Å². The van der Waals surface area contributed by atoms with E-state index in [1.54, 1.807) is 0 Å². The Kier molecular flexibility index (Phi) is 4.63. The second kappa shape index (κ2) is 5.33. The third-order valence-electron chi connectivity index (χ3n) is 3.21. The van der Waals surface area contributed by atoms with Crippen molar-refractivity contribution in [2.75, 3.05) is 28.2 Å². The van der Waals surface area contributed by atoms with Gasteiger partial charge in [-0.25, -0.2) is 0 Å². The van der Waals surface area contributed by atoms with E-state index in [9.17, 15) is 0 Å². The van der Waals surface area contributed by atoms with Gasteiger partial charge in [0.25, 0.3) is 0 Å². The Morgan fingerprint density at radius 2 is 1.47 bits per heavy atom. The zero-order chi connectivity index (χ0) is 11.5. The van der Waals surface area contributed by atoms with Crippen LogP contribution < -0.4 is 5.19 Å². The van der Waals surface area contributed by atoms with Crippen molar-refractivity contribution < 1.29 is 0 Å². The van der Waals surface area contributed by atoms with Gasteiger partial charge < -0.3 is 0 Å². The van der Waals surface area contributed by atoms with E-state index in [2.05, 4.69) is 85.4 Å². The average molecular weight is 214 g/mol. The average Bonchev–Trinajstić information content (AvgIpc) is 2.20. The van der Waals surface area contributed by atoms with Crippen LogP contribution in [0.5, 0.6) is 0 Å². The van der Waals surface area contributed by atoms with Gasteiger partial charge in [-0.15, -0.1) is 0 Å². The molecule has 0 unspecified atom stereocenters. The monoisotopic (exact) mass is 214 g/mol. The Morgan fingerprint density at radius 3 is 1.80 bits per heavy atom. The van der Waals surface area contributed by atoms with Gasteiger partial charge in [0.15, 0.2) is 0 Å². The fourth-order valence-corrected chi connectivity index (χ4v) is 6.69. The molecular formula is C11H19LiN2Si. The molecule has 78 valence electrons. The molecule has 2 nitrogen and oxygen atoms in total. The molecule has 0 aliphatic heterocycles. The van der Waals surface area contributed by atoms with Gasteiger partial charge in [-0.2, -0.15) is 0 Å². The van der Waals surface area contributed by atoms with Gasteiger partial charge in [-0.3, -0.25) is 0 Å². The third-order valence-corrected chi connectivity index (χ3v) is 8.41. The summed E-state index contributed by atoms with van der Waals surface area (Å²) < 4.78 is 6.04. The van der Waals surface area contributed by atoms with Crippen LogP contribution in [0, 0.1) is 0 Å². The maximum atomic E-state index is 2.42. The molecule has 0 heterocycles. The van der Waals surface area contributed by atoms with Crippen LogP contribution in [-0.2, 0) is 0 Å². The molecule has 0 saturated carbocycles. The first-order valence-corrected chi connectivity index (χ1v) is 7.56. The zero-order valence-electron chi connectivity index (χ0n) is 10.5. The first-order chi connectivity index (χ1) is 7.05. The maximum absolute atomic E-state index is 2.42. The van der Waals surface area contributed by atoms with Crippen LogP contribution >= 0.6 is 0 Å². The molecule has 0 aliphatic rings. The van der Waals surface area contributed by atoms with Gasteiger partial charge in [-0.05, 0) is 0 Å². The van der Waals surface area contributed by atoms with Crippen molar-refractivity contribution in [2.45, 2.75) is 4.72 Å². The van der Waals surface area contributed by atoms with Crippen molar-refractivity contribution >= 4 is 31.3 Å². The predicted octanol–water partition coefficient (Wildman–Crippen LogP) is 0.585. The van der Waals surface area contributed by atoms with Crippen LogP contribution in [0.15, 0.2) is 30.3 Å². The molecule has 0 aromatic heterocycles. The zero-order valence-corrected chi connectivity index (χ0v) is 11.5. The van der Waals surface area contributed by atoms with Gasteiger partial charge in [-0.1, -0.05) is 0 Å². The summed E-state index contributed by atoms with van der Waals surface area (Å²) in [4.78, 5) is 0. The first kappa shape index (κ1) is 13.0. The Morgan fingerprint density at radius 1 is 1.00 bits per heavy atom. The third kappa shape index (κ3) is 2.38. The summed E-state index contributed by atoms with van der Waals surface area (Å²) in [6.07, 6.45) is 0. The van der Waals surface area contributed by atoms with Gasteiger partial charge >= 0.3 is 104 Å². The molecule has 1 aromatic carbocycles. The van der Waals surface area contributed by atoms with Crippen LogP contribution in [0.25, 0.3) is 0 Å². The normalized spacial score (nSPS) is 12.5.